The molecule has 0 aromatic carbocycles. The molecule has 0 aliphatic rings. The van der Waals surface area contributed by atoms with Crippen molar-refractivity contribution in [3.8, 4) is 0 Å². The Hall–Kier alpha value is -0.770. The van der Waals surface area contributed by atoms with Crippen LogP contribution in [0.2, 0.25) is 0 Å². The van der Waals surface area contributed by atoms with Gasteiger partial charge >= 0.3 is 6.39 Å². The van der Waals surface area contributed by atoms with Crippen molar-refractivity contribution in [3.05, 3.63) is 19.0 Å². The van der Waals surface area contributed by atoms with Crippen LogP contribution in [0.25, 0.3) is 0 Å². The molecule has 0 aliphatic heterocycles. The van der Waals surface area contributed by atoms with Crippen molar-refractivity contribution < 1.29 is 4.42 Å². The summed E-state index contributed by atoms with van der Waals surface area (Å²) in [7, 11) is 0. The highest BCUT2D eigenvalue weighted by Crippen LogP contribution is 2.12. The van der Waals surface area contributed by atoms with Gasteiger partial charge in [-0.1, -0.05) is 17.8 Å². The van der Waals surface area contributed by atoms with E-state index in [0.29, 0.717) is 5.22 Å². The van der Waals surface area contributed by atoms with Crippen molar-refractivity contribution in [2.75, 3.05) is 5.75 Å². The molecule has 0 spiro atoms. The van der Waals surface area contributed by atoms with Gasteiger partial charge in [-0.15, -0.1) is 16.8 Å². The van der Waals surface area contributed by atoms with Crippen molar-refractivity contribution >= 4 is 11.8 Å². The molecule has 0 bridgehead atoms. The largest absolute Gasteiger partial charge is 0.407 e. The van der Waals surface area contributed by atoms with Gasteiger partial charge in [-0.2, -0.15) is 0 Å². The summed E-state index contributed by atoms with van der Waals surface area (Å²) in [6.45, 7) is 3.54. The van der Waals surface area contributed by atoms with Gasteiger partial charge in [0.2, 0.25) is 0 Å². The number of aromatic nitrogens is 2. The summed E-state index contributed by atoms with van der Waals surface area (Å²) in [6, 6.07) is 0. The van der Waals surface area contributed by atoms with Crippen molar-refractivity contribution in [2.24, 2.45) is 0 Å². The van der Waals surface area contributed by atoms with Crippen LogP contribution in [-0.4, -0.2) is 16.0 Å². The molecule has 1 aromatic rings. The zero-order valence-electron chi connectivity index (χ0n) is 4.70. The van der Waals surface area contributed by atoms with Crippen LogP contribution < -0.4 is 0 Å². The van der Waals surface area contributed by atoms with Crippen molar-refractivity contribution in [2.45, 2.75) is 5.22 Å². The first kappa shape index (κ1) is 6.35. The smallest absolute Gasteiger partial charge is 0.306 e. The van der Waals surface area contributed by atoms with Crippen LogP contribution in [0.3, 0.4) is 0 Å². The lowest BCUT2D eigenvalue weighted by molar-refractivity contribution is 0.446. The van der Waals surface area contributed by atoms with Crippen LogP contribution in [0, 0.1) is 6.39 Å². The lowest BCUT2D eigenvalue weighted by atomic mass is 10.8. The maximum absolute atomic E-state index is 4.70. The molecular weight excluding hydrogens is 136 g/mol. The highest BCUT2D eigenvalue weighted by atomic mass is 32.2. The molecule has 0 saturated heterocycles. The summed E-state index contributed by atoms with van der Waals surface area (Å²) in [4.78, 5) is 0. The highest BCUT2D eigenvalue weighted by molar-refractivity contribution is 7.99. The highest BCUT2D eigenvalue weighted by Gasteiger charge is 1.94. The second-order valence-electron chi connectivity index (χ2n) is 1.26. The van der Waals surface area contributed by atoms with Gasteiger partial charge in [0.05, 0.1) is 0 Å². The molecule has 9 heavy (non-hydrogen) atoms. The Morgan fingerprint density at radius 1 is 1.89 bits per heavy atom. The summed E-state index contributed by atoms with van der Waals surface area (Å²) in [6.07, 6.45) is 4.02. The van der Waals surface area contributed by atoms with Gasteiger partial charge in [0.25, 0.3) is 5.22 Å². The Bertz CT molecular complexity index is 173. The Morgan fingerprint density at radius 3 is 3.33 bits per heavy atom. The van der Waals surface area contributed by atoms with E-state index in [-0.39, 0.29) is 0 Å². The summed E-state index contributed by atoms with van der Waals surface area (Å²) >= 11 is 1.44. The molecule has 0 unspecified atom stereocenters. The second-order valence-corrected chi connectivity index (χ2v) is 2.23. The van der Waals surface area contributed by atoms with E-state index in [1.807, 2.05) is 0 Å². The summed E-state index contributed by atoms with van der Waals surface area (Å²) in [5.41, 5.74) is 0. The number of nitrogens with zero attached hydrogens (tertiary/aromatic N) is 2. The molecule has 0 fully saturated rings. The van der Waals surface area contributed by atoms with E-state index in [9.17, 15) is 0 Å². The average molecular weight is 141 g/mol. The van der Waals surface area contributed by atoms with E-state index in [1.54, 1.807) is 6.08 Å². The van der Waals surface area contributed by atoms with Gasteiger partial charge in [-0.3, -0.25) is 0 Å². The Labute approximate surface area is 57.2 Å². The van der Waals surface area contributed by atoms with Gasteiger partial charge in [-0.05, 0) is 0 Å². The SMILES string of the molecule is C=CCSc1nn[c]o1. The van der Waals surface area contributed by atoms with E-state index in [0.717, 1.165) is 5.75 Å². The van der Waals surface area contributed by atoms with Gasteiger partial charge < -0.3 is 4.42 Å². The third-order valence-corrected chi connectivity index (χ3v) is 1.44. The minimum absolute atomic E-state index is 0.537. The molecule has 1 radical (unpaired) electrons. The van der Waals surface area contributed by atoms with Crippen LogP contribution in [0.5, 0.6) is 0 Å². The fourth-order valence-corrected chi connectivity index (χ4v) is 0.785. The quantitative estimate of drug-likeness (QED) is 0.467. The van der Waals surface area contributed by atoms with Crippen molar-refractivity contribution in [3.63, 3.8) is 0 Å². The van der Waals surface area contributed by atoms with Crippen LogP contribution in [0.1, 0.15) is 0 Å². The third-order valence-electron chi connectivity index (χ3n) is 0.630. The first-order valence-electron chi connectivity index (χ1n) is 2.36. The molecule has 1 aromatic heterocycles. The molecule has 1 rings (SSSR count). The molecule has 1 heterocycles. The molecule has 3 nitrogen and oxygen atoms in total. The zero-order valence-corrected chi connectivity index (χ0v) is 5.52. The molecule has 4 heteroatoms. The summed E-state index contributed by atoms with van der Waals surface area (Å²) in [5, 5.41) is 7.51. The zero-order chi connectivity index (χ0) is 6.53. The Kier molecular flexibility index (Phi) is 2.32. The maximum Gasteiger partial charge on any atom is 0.306 e. The van der Waals surface area contributed by atoms with Crippen LogP contribution in [0.4, 0.5) is 0 Å². The maximum atomic E-state index is 4.70. The van der Waals surface area contributed by atoms with E-state index in [4.69, 9.17) is 4.42 Å². The molecule has 47 valence electrons. The predicted octanol–water partition coefficient (Wildman–Crippen LogP) is 1.15. The van der Waals surface area contributed by atoms with E-state index < -0.39 is 0 Å². The monoisotopic (exact) mass is 141 g/mol. The first-order valence-corrected chi connectivity index (χ1v) is 3.35. The van der Waals surface area contributed by atoms with Crippen LogP contribution >= 0.6 is 11.8 Å². The van der Waals surface area contributed by atoms with Gasteiger partial charge in [-0.25, -0.2) is 0 Å². The lowest BCUT2D eigenvalue weighted by Crippen LogP contribution is -1.71. The van der Waals surface area contributed by atoms with Crippen LogP contribution in [0.15, 0.2) is 22.3 Å². The van der Waals surface area contributed by atoms with Gasteiger partial charge in [0.1, 0.15) is 0 Å². The standard InChI is InChI=1S/C5H5N2OS/c1-2-3-9-5-7-6-4-8-5/h2H,1,3H2. The van der Waals surface area contributed by atoms with E-state index >= 15 is 0 Å². The number of rotatable bonds is 3. The van der Waals surface area contributed by atoms with Crippen LogP contribution in [-0.2, 0) is 0 Å². The first-order chi connectivity index (χ1) is 4.43. The molecular formula is C5H5N2OS. The molecule has 0 aliphatic carbocycles. The van der Waals surface area contributed by atoms with Crippen molar-refractivity contribution in [1.82, 2.24) is 10.2 Å². The molecule has 0 atom stereocenters. The number of thioether (sulfide) groups is 1. The second kappa shape index (κ2) is 3.29. The average Bonchev–Trinajstić information content (AvgIpc) is 2.34. The fourth-order valence-electron chi connectivity index (χ4n) is 0.330. The Balaban J connectivity index is 2.38. The number of hydrogen-bond donors (Lipinski definition) is 0. The summed E-state index contributed by atoms with van der Waals surface area (Å²) in [5.74, 6) is 0.788. The van der Waals surface area contributed by atoms with Gasteiger partial charge in [0, 0.05) is 5.75 Å². The third kappa shape index (κ3) is 1.89. The summed E-state index contributed by atoms with van der Waals surface area (Å²) < 4.78 is 4.70. The molecule has 0 N–H and O–H groups in total. The topological polar surface area (TPSA) is 38.9 Å². The molecule has 0 saturated carbocycles. The lowest BCUT2D eigenvalue weighted by Gasteiger charge is -1.83. The van der Waals surface area contributed by atoms with Gasteiger partial charge in [0.15, 0.2) is 0 Å². The van der Waals surface area contributed by atoms with E-state index in [1.165, 1.54) is 11.8 Å². The predicted molar refractivity (Wildman–Crippen MR) is 34.1 cm³/mol. The fraction of sp³-hybridized carbons (Fsp3) is 0.200. The minimum atomic E-state index is 0.537. The van der Waals surface area contributed by atoms with E-state index in [2.05, 4.69) is 23.2 Å². The normalized spacial score (nSPS) is 9.33. The number of hydrogen-bond acceptors (Lipinski definition) is 4. The Morgan fingerprint density at radius 2 is 2.78 bits per heavy atom. The van der Waals surface area contributed by atoms with Crippen molar-refractivity contribution in [1.29, 1.82) is 0 Å². The molecule has 0 amide bonds. The minimum Gasteiger partial charge on any atom is -0.407 e.